The summed E-state index contributed by atoms with van der Waals surface area (Å²) in [6.45, 7) is 6.17. The highest BCUT2D eigenvalue weighted by Crippen LogP contribution is 2.36. The second-order valence-corrected chi connectivity index (χ2v) is 9.54. The monoisotopic (exact) mass is 418 g/mol. The highest BCUT2D eigenvalue weighted by Gasteiger charge is 2.26. The fourth-order valence-corrected chi connectivity index (χ4v) is 5.80. The van der Waals surface area contributed by atoms with Crippen molar-refractivity contribution in [1.82, 2.24) is 10.2 Å². The third-order valence-corrected chi connectivity index (χ3v) is 6.91. The zero-order chi connectivity index (χ0) is 14.7. The molecule has 1 N–H and O–H groups in total. The molecule has 0 aromatic carbocycles. The molecule has 2 nitrogen and oxygen atoms in total. The van der Waals surface area contributed by atoms with Crippen molar-refractivity contribution < 1.29 is 0 Å². The average Bonchev–Trinajstić information content (AvgIpc) is 2.88. The van der Waals surface area contributed by atoms with Gasteiger partial charge in [0, 0.05) is 17.0 Å². The molecule has 1 aliphatic heterocycles. The summed E-state index contributed by atoms with van der Waals surface area (Å²) in [6, 6.07) is 3.78. The van der Waals surface area contributed by atoms with Gasteiger partial charge in [0.1, 0.15) is 0 Å². The Hall–Kier alpha value is 0.350. The maximum atomic E-state index is 3.98. The number of likely N-dealkylation sites (tertiary alicyclic amines) is 1. The number of nitrogens with one attached hydrogen (secondary N) is 1. The van der Waals surface area contributed by atoms with Crippen LogP contribution in [0.5, 0.6) is 0 Å². The Labute approximate surface area is 146 Å². The molecule has 1 atom stereocenters. The van der Waals surface area contributed by atoms with E-state index >= 15 is 0 Å². The third-order valence-electron chi connectivity index (χ3n) is 4.94. The Morgan fingerprint density at radius 2 is 2.14 bits per heavy atom. The third kappa shape index (κ3) is 4.21. The minimum atomic E-state index is 0.626. The van der Waals surface area contributed by atoms with Crippen LogP contribution in [0.1, 0.15) is 61.9 Å². The summed E-state index contributed by atoms with van der Waals surface area (Å²) in [5.74, 6) is 0. The molecule has 1 saturated heterocycles. The first-order valence-electron chi connectivity index (χ1n) is 8.52. The summed E-state index contributed by atoms with van der Waals surface area (Å²) in [4.78, 5) is 4.30. The van der Waals surface area contributed by atoms with Crippen molar-refractivity contribution in [3.05, 3.63) is 19.4 Å². The Morgan fingerprint density at radius 1 is 1.33 bits per heavy atom. The molecule has 2 heterocycles. The number of hydrogen-bond donors (Lipinski definition) is 1. The summed E-state index contributed by atoms with van der Waals surface area (Å²) >= 11 is 4.48. The lowest BCUT2D eigenvalue weighted by Gasteiger charge is -2.35. The zero-order valence-corrected chi connectivity index (χ0v) is 16.0. The quantitative estimate of drug-likeness (QED) is 0.704. The van der Waals surface area contributed by atoms with Gasteiger partial charge in [0.15, 0.2) is 0 Å². The van der Waals surface area contributed by atoms with Crippen LogP contribution in [0.15, 0.2) is 6.07 Å². The molecule has 4 heteroatoms. The van der Waals surface area contributed by atoms with Crippen molar-refractivity contribution >= 4 is 33.9 Å². The number of unbranched alkanes of at least 4 members (excludes halogenated alkanes) is 1. The van der Waals surface area contributed by atoms with E-state index in [0.29, 0.717) is 6.04 Å². The smallest absolute Gasteiger partial charge is 0.0659 e. The van der Waals surface area contributed by atoms with Crippen molar-refractivity contribution in [2.45, 2.75) is 64.0 Å². The number of piperidine rings is 1. The minimum Gasteiger partial charge on any atom is -0.307 e. The molecule has 0 saturated carbocycles. The number of halogens is 1. The number of thiophene rings is 1. The minimum absolute atomic E-state index is 0.626. The molecule has 0 spiro atoms. The first-order chi connectivity index (χ1) is 10.3. The van der Waals surface area contributed by atoms with Crippen LogP contribution in [0.4, 0.5) is 0 Å². The van der Waals surface area contributed by atoms with Gasteiger partial charge >= 0.3 is 0 Å². The highest BCUT2D eigenvalue weighted by molar-refractivity contribution is 14.1. The molecule has 118 valence electrons. The predicted molar refractivity (Wildman–Crippen MR) is 100 cm³/mol. The fraction of sp³-hybridized carbons (Fsp3) is 0.765. The SMILES string of the molecule is CCCCN1CCC(NC2CCCc3sc(I)cc32)CC1. The molecule has 3 rings (SSSR count). The Bertz CT molecular complexity index is 452. The lowest BCUT2D eigenvalue weighted by molar-refractivity contribution is 0.186. The molecule has 1 fully saturated rings. The molecule has 1 unspecified atom stereocenters. The molecule has 0 radical (unpaired) electrons. The number of aryl methyl sites for hydroxylation is 1. The van der Waals surface area contributed by atoms with Crippen LogP contribution in [0.3, 0.4) is 0 Å². The van der Waals surface area contributed by atoms with Crippen LogP contribution in [0.25, 0.3) is 0 Å². The zero-order valence-electron chi connectivity index (χ0n) is 13.0. The Kier molecular flexibility index (Phi) is 5.99. The van der Waals surface area contributed by atoms with Crippen LogP contribution in [0, 0.1) is 2.88 Å². The van der Waals surface area contributed by atoms with Gasteiger partial charge in [-0.2, -0.15) is 0 Å². The van der Waals surface area contributed by atoms with Gasteiger partial charge in [-0.1, -0.05) is 13.3 Å². The van der Waals surface area contributed by atoms with Crippen LogP contribution >= 0.6 is 33.9 Å². The molecule has 21 heavy (non-hydrogen) atoms. The molecule has 1 aromatic rings. The topological polar surface area (TPSA) is 15.3 Å². The summed E-state index contributed by atoms with van der Waals surface area (Å²) in [5.41, 5.74) is 1.61. The maximum absolute atomic E-state index is 3.98. The van der Waals surface area contributed by atoms with Gasteiger partial charge in [-0.15, -0.1) is 11.3 Å². The normalized spacial score (nSPS) is 24.2. The largest absolute Gasteiger partial charge is 0.307 e. The number of rotatable bonds is 5. The standard InChI is InChI=1S/C17H27IN2S/c1-2-3-9-20-10-7-13(8-11-20)19-15-5-4-6-16-14(15)12-17(18)21-16/h12-13,15,19H,2-11H2,1H3. The first-order valence-corrected chi connectivity index (χ1v) is 10.4. The second-order valence-electron chi connectivity index (χ2n) is 6.51. The van der Waals surface area contributed by atoms with Crippen LogP contribution in [-0.2, 0) is 6.42 Å². The number of hydrogen-bond acceptors (Lipinski definition) is 3. The Balaban J connectivity index is 1.52. The summed E-state index contributed by atoms with van der Waals surface area (Å²) in [5, 5.41) is 3.98. The number of nitrogens with zero attached hydrogens (tertiary/aromatic N) is 1. The van der Waals surface area contributed by atoms with Gasteiger partial charge in [0.05, 0.1) is 2.88 Å². The van der Waals surface area contributed by atoms with Crippen molar-refractivity contribution in [3.63, 3.8) is 0 Å². The van der Waals surface area contributed by atoms with Crippen molar-refractivity contribution in [1.29, 1.82) is 0 Å². The summed E-state index contributed by atoms with van der Waals surface area (Å²) in [7, 11) is 0. The summed E-state index contributed by atoms with van der Waals surface area (Å²) in [6.07, 6.45) is 9.33. The van der Waals surface area contributed by atoms with Gasteiger partial charge < -0.3 is 10.2 Å². The van der Waals surface area contributed by atoms with Crippen molar-refractivity contribution in [2.24, 2.45) is 0 Å². The van der Waals surface area contributed by atoms with Crippen LogP contribution in [0.2, 0.25) is 0 Å². The van der Waals surface area contributed by atoms with Gasteiger partial charge in [0.25, 0.3) is 0 Å². The second kappa shape index (κ2) is 7.75. The van der Waals surface area contributed by atoms with E-state index in [4.69, 9.17) is 0 Å². The van der Waals surface area contributed by atoms with Crippen LogP contribution < -0.4 is 5.32 Å². The highest BCUT2D eigenvalue weighted by atomic mass is 127. The van der Waals surface area contributed by atoms with Gasteiger partial charge in [-0.05, 0) is 92.4 Å². The van der Waals surface area contributed by atoms with Crippen molar-refractivity contribution in [2.75, 3.05) is 19.6 Å². The molecular weight excluding hydrogens is 391 g/mol. The van der Waals surface area contributed by atoms with Gasteiger partial charge in [0.2, 0.25) is 0 Å². The fourth-order valence-electron chi connectivity index (χ4n) is 3.68. The van der Waals surface area contributed by atoms with E-state index in [1.54, 1.807) is 10.4 Å². The van der Waals surface area contributed by atoms with Gasteiger partial charge in [-0.25, -0.2) is 0 Å². The first kappa shape index (κ1) is 16.2. The Morgan fingerprint density at radius 3 is 2.90 bits per heavy atom. The van der Waals surface area contributed by atoms with E-state index in [1.165, 1.54) is 67.5 Å². The lowest BCUT2D eigenvalue weighted by atomic mass is 9.92. The van der Waals surface area contributed by atoms with Gasteiger partial charge in [-0.3, -0.25) is 0 Å². The molecule has 1 aliphatic carbocycles. The van der Waals surface area contributed by atoms with E-state index < -0.39 is 0 Å². The van der Waals surface area contributed by atoms with Crippen molar-refractivity contribution in [3.8, 4) is 0 Å². The molecule has 0 amide bonds. The summed E-state index contributed by atoms with van der Waals surface area (Å²) < 4.78 is 1.46. The van der Waals surface area contributed by atoms with Crippen LogP contribution in [-0.4, -0.2) is 30.6 Å². The van der Waals surface area contributed by atoms with E-state index in [0.717, 1.165) is 6.04 Å². The number of fused-ring (bicyclic) bond motifs is 1. The van der Waals surface area contributed by atoms with E-state index in [9.17, 15) is 0 Å². The maximum Gasteiger partial charge on any atom is 0.0659 e. The molecular formula is C17H27IN2S. The predicted octanol–water partition coefficient (Wildman–Crippen LogP) is 4.58. The average molecular weight is 418 g/mol. The molecule has 1 aromatic heterocycles. The molecule has 2 aliphatic rings. The van der Waals surface area contributed by atoms with E-state index in [1.807, 2.05) is 11.3 Å². The lowest BCUT2D eigenvalue weighted by Crippen LogP contribution is -2.44. The van der Waals surface area contributed by atoms with E-state index in [2.05, 4.69) is 45.8 Å². The molecule has 0 bridgehead atoms. The van der Waals surface area contributed by atoms with E-state index in [-0.39, 0.29) is 0 Å².